The van der Waals surface area contributed by atoms with E-state index < -0.39 is 5.41 Å². The van der Waals surface area contributed by atoms with Crippen molar-refractivity contribution in [1.29, 1.82) is 5.26 Å². The zero-order chi connectivity index (χ0) is 18.1. The summed E-state index contributed by atoms with van der Waals surface area (Å²) in [5.41, 5.74) is 0.0193. The topological polar surface area (TPSA) is 81.6 Å². The number of alkyl halides is 1. The van der Waals surface area contributed by atoms with Crippen LogP contribution in [0.4, 0.5) is 5.82 Å². The predicted octanol–water partition coefficient (Wildman–Crippen LogP) is 5.11. The van der Waals surface area contributed by atoms with E-state index in [1.807, 2.05) is 6.07 Å². The van der Waals surface area contributed by atoms with Crippen molar-refractivity contribution < 1.29 is 4.79 Å². The van der Waals surface area contributed by atoms with Crippen LogP contribution in [0, 0.1) is 16.7 Å². The van der Waals surface area contributed by atoms with Gasteiger partial charge in [-0.15, -0.1) is 11.6 Å². The number of benzene rings is 1. The van der Waals surface area contributed by atoms with Crippen LogP contribution in [0.1, 0.15) is 19.4 Å². The molecule has 0 aliphatic rings. The first-order valence-electron chi connectivity index (χ1n) is 6.72. The molecule has 0 unspecified atom stereocenters. The summed E-state index contributed by atoms with van der Waals surface area (Å²) in [7, 11) is 0. The fourth-order valence-electron chi connectivity index (χ4n) is 1.79. The lowest BCUT2D eigenvalue weighted by molar-refractivity contribution is -0.123. The fraction of sp³-hybridized carbons (Fsp3) is 0.267. The van der Waals surface area contributed by atoms with Crippen LogP contribution in [0.2, 0.25) is 15.1 Å². The maximum atomic E-state index is 12.2. The minimum absolute atomic E-state index is 0.125. The van der Waals surface area contributed by atoms with Crippen molar-refractivity contribution in [3.8, 4) is 17.3 Å². The highest BCUT2D eigenvalue weighted by Gasteiger charge is 2.28. The smallest absolute Gasteiger partial charge is 0.232 e. The second-order valence-electron chi connectivity index (χ2n) is 5.63. The van der Waals surface area contributed by atoms with Crippen molar-refractivity contribution in [3.05, 3.63) is 32.8 Å². The van der Waals surface area contributed by atoms with E-state index in [1.54, 1.807) is 26.0 Å². The summed E-state index contributed by atoms with van der Waals surface area (Å²) >= 11 is 23.9. The Labute approximate surface area is 158 Å². The molecular weight excluding hydrogens is 394 g/mol. The second kappa shape index (κ2) is 7.20. The van der Waals surface area contributed by atoms with E-state index in [-0.39, 0.29) is 43.9 Å². The minimum Gasteiger partial charge on any atom is -0.309 e. The van der Waals surface area contributed by atoms with Gasteiger partial charge in [-0.3, -0.25) is 9.89 Å². The molecule has 0 spiro atoms. The molecule has 0 saturated heterocycles. The molecule has 2 aromatic rings. The van der Waals surface area contributed by atoms with Gasteiger partial charge in [0.05, 0.1) is 20.5 Å². The molecule has 1 amide bonds. The number of anilines is 1. The third-order valence-corrected chi connectivity index (χ3v) is 5.32. The molecule has 1 aromatic heterocycles. The molecule has 9 heteroatoms. The Morgan fingerprint density at radius 3 is 2.58 bits per heavy atom. The minimum atomic E-state index is -0.805. The second-order valence-corrected chi connectivity index (χ2v) is 7.06. The highest BCUT2D eigenvalue weighted by atomic mass is 35.5. The number of nitrogens with one attached hydrogen (secondary N) is 2. The number of carbonyl (C=O) groups is 1. The van der Waals surface area contributed by atoms with Crippen molar-refractivity contribution in [2.24, 2.45) is 5.41 Å². The molecule has 5 nitrogen and oxygen atoms in total. The van der Waals surface area contributed by atoms with E-state index in [2.05, 4.69) is 15.5 Å². The number of hydrogen-bond acceptors (Lipinski definition) is 3. The Morgan fingerprint density at radius 1 is 1.33 bits per heavy atom. The lowest BCUT2D eigenvalue weighted by atomic mass is 9.95. The molecule has 0 radical (unpaired) electrons. The van der Waals surface area contributed by atoms with E-state index in [4.69, 9.17) is 46.4 Å². The summed E-state index contributed by atoms with van der Waals surface area (Å²) in [6, 6.07) is 5.15. The van der Waals surface area contributed by atoms with Gasteiger partial charge in [0.1, 0.15) is 23.1 Å². The van der Waals surface area contributed by atoms with Crippen molar-refractivity contribution in [3.63, 3.8) is 0 Å². The van der Waals surface area contributed by atoms with Gasteiger partial charge in [0.25, 0.3) is 0 Å². The summed E-state index contributed by atoms with van der Waals surface area (Å²) in [5, 5.41) is 19.4. The Morgan fingerprint density at radius 2 is 2.00 bits per heavy atom. The number of nitriles is 1. The standard InChI is InChI=1S/C15H12Cl4N4O/c1-15(2,6-16)14(24)21-13-8(5-20)12(22-23-13)7-3-4-9(17)11(19)10(7)18/h3-4H,6H2,1-2H3,(H2,21,22,23,24). The van der Waals surface area contributed by atoms with Crippen LogP contribution < -0.4 is 5.32 Å². The summed E-state index contributed by atoms with van der Waals surface area (Å²) < 4.78 is 0. The van der Waals surface area contributed by atoms with Crippen molar-refractivity contribution in [2.75, 3.05) is 11.2 Å². The van der Waals surface area contributed by atoms with E-state index in [0.717, 1.165) is 0 Å². The number of aromatic amines is 1. The molecule has 0 fully saturated rings. The number of nitrogens with zero attached hydrogens (tertiary/aromatic N) is 2. The monoisotopic (exact) mass is 404 g/mol. The lowest BCUT2D eigenvalue weighted by Crippen LogP contribution is -2.32. The highest BCUT2D eigenvalue weighted by molar-refractivity contribution is 6.49. The predicted molar refractivity (Wildman–Crippen MR) is 96.9 cm³/mol. The Bertz CT molecular complexity index is 839. The average Bonchev–Trinajstić information content (AvgIpc) is 2.95. The molecule has 1 aromatic carbocycles. The van der Waals surface area contributed by atoms with Crippen LogP contribution in [-0.2, 0) is 4.79 Å². The first-order valence-corrected chi connectivity index (χ1v) is 8.39. The van der Waals surface area contributed by atoms with Crippen molar-refractivity contribution in [2.45, 2.75) is 13.8 Å². The molecule has 0 saturated carbocycles. The van der Waals surface area contributed by atoms with Crippen LogP contribution >= 0.6 is 46.4 Å². The van der Waals surface area contributed by atoms with E-state index in [1.165, 1.54) is 0 Å². The molecule has 0 aliphatic heterocycles. The van der Waals surface area contributed by atoms with Crippen molar-refractivity contribution >= 4 is 58.1 Å². The van der Waals surface area contributed by atoms with E-state index in [0.29, 0.717) is 5.56 Å². The molecule has 1 heterocycles. The summed E-state index contributed by atoms with van der Waals surface area (Å²) in [5.74, 6) is -0.0531. The van der Waals surface area contributed by atoms with Gasteiger partial charge in [-0.2, -0.15) is 10.4 Å². The van der Waals surface area contributed by atoms with Crippen LogP contribution in [0.5, 0.6) is 0 Å². The number of hydrogen-bond donors (Lipinski definition) is 2. The maximum Gasteiger partial charge on any atom is 0.232 e. The number of halogens is 4. The molecule has 0 bridgehead atoms. The first kappa shape index (κ1) is 18.9. The number of carbonyl (C=O) groups excluding carboxylic acids is 1. The molecule has 2 rings (SSSR count). The maximum absolute atomic E-state index is 12.2. The zero-order valence-electron chi connectivity index (χ0n) is 12.7. The van der Waals surface area contributed by atoms with Gasteiger partial charge in [-0.25, -0.2) is 0 Å². The third kappa shape index (κ3) is 3.47. The number of rotatable bonds is 4. The third-order valence-electron chi connectivity index (χ3n) is 3.36. The van der Waals surface area contributed by atoms with Gasteiger partial charge >= 0.3 is 0 Å². The van der Waals surface area contributed by atoms with E-state index >= 15 is 0 Å². The SMILES string of the molecule is CC(C)(CCl)C(=O)Nc1[nH]nc(-c2ccc(Cl)c(Cl)c2Cl)c1C#N. The van der Waals surface area contributed by atoms with Crippen LogP contribution in [0.25, 0.3) is 11.3 Å². The van der Waals surface area contributed by atoms with Crippen LogP contribution in [0.15, 0.2) is 12.1 Å². The molecular formula is C15H12Cl4N4O. The van der Waals surface area contributed by atoms with E-state index in [9.17, 15) is 10.1 Å². The Kier molecular flexibility index (Phi) is 5.67. The highest BCUT2D eigenvalue weighted by Crippen LogP contribution is 2.39. The van der Waals surface area contributed by atoms with Crippen LogP contribution in [-0.4, -0.2) is 22.0 Å². The summed E-state index contributed by atoms with van der Waals surface area (Å²) in [6.07, 6.45) is 0. The van der Waals surface area contributed by atoms with Gasteiger partial charge in [-0.1, -0.05) is 34.8 Å². The fourth-order valence-corrected chi connectivity index (χ4v) is 2.53. The average molecular weight is 406 g/mol. The first-order chi connectivity index (χ1) is 11.2. The Balaban J connectivity index is 2.47. The molecule has 24 heavy (non-hydrogen) atoms. The number of amides is 1. The number of H-pyrrole nitrogens is 1. The lowest BCUT2D eigenvalue weighted by Gasteiger charge is -2.19. The van der Waals surface area contributed by atoms with Gasteiger partial charge in [0, 0.05) is 11.4 Å². The van der Waals surface area contributed by atoms with Gasteiger partial charge in [-0.05, 0) is 26.0 Å². The van der Waals surface area contributed by atoms with Crippen LogP contribution in [0.3, 0.4) is 0 Å². The van der Waals surface area contributed by atoms with Crippen molar-refractivity contribution in [1.82, 2.24) is 10.2 Å². The van der Waals surface area contributed by atoms with Gasteiger partial charge < -0.3 is 5.32 Å². The summed E-state index contributed by atoms with van der Waals surface area (Å²) in [6.45, 7) is 3.38. The largest absolute Gasteiger partial charge is 0.309 e. The molecule has 0 atom stereocenters. The Hall–Kier alpha value is -1.45. The molecule has 0 aliphatic carbocycles. The summed E-state index contributed by atoms with van der Waals surface area (Å²) in [4.78, 5) is 12.2. The molecule has 126 valence electrons. The quantitative estimate of drug-likeness (QED) is 0.547. The normalized spacial score (nSPS) is 11.2. The number of aromatic nitrogens is 2. The van der Waals surface area contributed by atoms with Gasteiger partial charge in [0.15, 0.2) is 0 Å². The zero-order valence-corrected chi connectivity index (χ0v) is 15.7. The van der Waals surface area contributed by atoms with Gasteiger partial charge in [0.2, 0.25) is 5.91 Å². The molecule has 2 N–H and O–H groups in total.